The highest BCUT2D eigenvalue weighted by molar-refractivity contribution is 7.86. The molecule has 0 saturated carbocycles. The predicted molar refractivity (Wildman–Crippen MR) is 67.3 cm³/mol. The Bertz CT molecular complexity index is 390. The molecule has 6 nitrogen and oxygen atoms in total. The molecule has 18 heavy (non-hydrogen) atoms. The quantitative estimate of drug-likeness (QED) is 0.750. The van der Waals surface area contributed by atoms with E-state index in [2.05, 4.69) is 0 Å². The second kappa shape index (κ2) is 5.05. The Morgan fingerprint density at radius 1 is 1.28 bits per heavy atom. The number of ether oxygens (including phenoxy) is 2. The van der Waals surface area contributed by atoms with Crippen molar-refractivity contribution in [1.82, 2.24) is 8.61 Å². The third-order valence-electron chi connectivity index (χ3n) is 3.61. The Morgan fingerprint density at radius 2 is 1.89 bits per heavy atom. The molecule has 0 radical (unpaired) electrons. The molecule has 0 aromatic heterocycles. The molecule has 2 aliphatic rings. The molecule has 2 heterocycles. The van der Waals surface area contributed by atoms with E-state index in [9.17, 15) is 8.42 Å². The molecule has 1 spiro atoms. The first-order valence-electron chi connectivity index (χ1n) is 6.38. The van der Waals surface area contributed by atoms with Gasteiger partial charge in [-0.1, -0.05) is 0 Å². The minimum absolute atomic E-state index is 0.0571. The Balaban J connectivity index is 2.13. The van der Waals surface area contributed by atoms with E-state index < -0.39 is 16.0 Å². The van der Waals surface area contributed by atoms with E-state index in [0.717, 1.165) is 12.8 Å². The van der Waals surface area contributed by atoms with Crippen LogP contribution in [0.25, 0.3) is 0 Å². The predicted octanol–water partition coefficient (Wildman–Crippen LogP) is 0.410. The average molecular weight is 278 g/mol. The largest absolute Gasteiger partial charge is 0.346 e. The molecular weight excluding hydrogens is 256 g/mol. The van der Waals surface area contributed by atoms with Crippen LogP contribution in [0.5, 0.6) is 0 Å². The van der Waals surface area contributed by atoms with Gasteiger partial charge in [-0.3, -0.25) is 0 Å². The molecule has 106 valence electrons. The van der Waals surface area contributed by atoms with Crippen LogP contribution >= 0.6 is 0 Å². The maximum atomic E-state index is 12.4. The maximum Gasteiger partial charge on any atom is 0.282 e. The van der Waals surface area contributed by atoms with E-state index in [1.165, 1.54) is 8.61 Å². The zero-order valence-electron chi connectivity index (χ0n) is 11.3. The number of piperidine rings is 1. The summed E-state index contributed by atoms with van der Waals surface area (Å²) in [4.78, 5) is 0. The number of nitrogens with zero attached hydrogens (tertiary/aromatic N) is 2. The first kappa shape index (κ1) is 14.2. The summed E-state index contributed by atoms with van der Waals surface area (Å²) < 4.78 is 38.9. The molecule has 2 fully saturated rings. The Hall–Kier alpha value is -0.210. The molecule has 0 amide bonds. The van der Waals surface area contributed by atoms with Crippen LogP contribution in [0.3, 0.4) is 0 Å². The first-order chi connectivity index (χ1) is 8.37. The van der Waals surface area contributed by atoms with Crippen molar-refractivity contribution in [1.29, 1.82) is 0 Å². The molecule has 0 aromatic rings. The lowest BCUT2D eigenvalue weighted by Crippen LogP contribution is -2.55. The summed E-state index contributed by atoms with van der Waals surface area (Å²) in [5, 5.41) is 0. The zero-order valence-corrected chi connectivity index (χ0v) is 12.1. The molecule has 0 bridgehead atoms. The SMILES string of the molecule is CC(C)N(C)S(=O)(=O)N1CCCC2(C1)OCCO2. The molecule has 7 heteroatoms. The van der Waals surface area contributed by atoms with Crippen molar-refractivity contribution in [3.05, 3.63) is 0 Å². The van der Waals surface area contributed by atoms with Crippen LogP contribution < -0.4 is 0 Å². The number of hydrogen-bond donors (Lipinski definition) is 0. The van der Waals surface area contributed by atoms with Gasteiger partial charge in [0.1, 0.15) is 0 Å². The van der Waals surface area contributed by atoms with Gasteiger partial charge < -0.3 is 9.47 Å². The fourth-order valence-electron chi connectivity index (χ4n) is 2.33. The molecule has 0 N–H and O–H groups in total. The second-order valence-electron chi connectivity index (χ2n) is 5.16. The van der Waals surface area contributed by atoms with E-state index in [0.29, 0.717) is 26.3 Å². The van der Waals surface area contributed by atoms with E-state index in [-0.39, 0.29) is 6.04 Å². The van der Waals surface area contributed by atoms with E-state index in [4.69, 9.17) is 9.47 Å². The number of rotatable bonds is 3. The normalized spacial score (nSPS) is 25.4. The first-order valence-corrected chi connectivity index (χ1v) is 7.78. The lowest BCUT2D eigenvalue weighted by molar-refractivity contribution is -0.179. The lowest BCUT2D eigenvalue weighted by atomic mass is 10.1. The van der Waals surface area contributed by atoms with Gasteiger partial charge in [0, 0.05) is 26.1 Å². The fourth-order valence-corrected chi connectivity index (χ4v) is 3.95. The van der Waals surface area contributed by atoms with Crippen molar-refractivity contribution in [3.63, 3.8) is 0 Å². The summed E-state index contributed by atoms with van der Waals surface area (Å²) >= 11 is 0. The molecule has 2 rings (SSSR count). The van der Waals surface area contributed by atoms with Crippen LogP contribution in [-0.2, 0) is 19.7 Å². The minimum atomic E-state index is -3.42. The summed E-state index contributed by atoms with van der Waals surface area (Å²) in [5.74, 6) is -0.705. The Labute approximate surface area is 109 Å². The standard InChI is InChI=1S/C11H22N2O4S/c1-10(2)12(3)18(14,15)13-6-4-5-11(9-13)16-7-8-17-11/h10H,4-9H2,1-3H3. The third-order valence-corrected chi connectivity index (χ3v) is 5.73. The van der Waals surface area contributed by atoms with E-state index in [1.54, 1.807) is 7.05 Å². The molecule has 2 saturated heterocycles. The summed E-state index contributed by atoms with van der Waals surface area (Å²) in [5.41, 5.74) is 0. The Kier molecular flexibility index (Phi) is 3.99. The molecule has 0 aliphatic carbocycles. The summed E-state index contributed by atoms with van der Waals surface area (Å²) in [6, 6.07) is -0.0571. The van der Waals surface area contributed by atoms with Crippen LogP contribution in [-0.4, -0.2) is 62.2 Å². The van der Waals surface area contributed by atoms with Crippen molar-refractivity contribution < 1.29 is 17.9 Å². The van der Waals surface area contributed by atoms with Crippen molar-refractivity contribution in [2.45, 2.75) is 38.5 Å². The highest BCUT2D eigenvalue weighted by Crippen LogP contribution is 2.31. The van der Waals surface area contributed by atoms with Gasteiger partial charge in [0.15, 0.2) is 5.79 Å². The summed E-state index contributed by atoms with van der Waals surface area (Å²) in [6.07, 6.45) is 1.54. The van der Waals surface area contributed by atoms with Crippen molar-refractivity contribution >= 4 is 10.2 Å². The van der Waals surface area contributed by atoms with Crippen LogP contribution in [0, 0.1) is 0 Å². The van der Waals surface area contributed by atoms with Crippen LogP contribution in [0.2, 0.25) is 0 Å². The van der Waals surface area contributed by atoms with Gasteiger partial charge in [0.05, 0.1) is 19.8 Å². The van der Waals surface area contributed by atoms with Gasteiger partial charge in [-0.2, -0.15) is 17.0 Å². The fraction of sp³-hybridized carbons (Fsp3) is 1.00. The van der Waals surface area contributed by atoms with Gasteiger partial charge in [-0.15, -0.1) is 0 Å². The van der Waals surface area contributed by atoms with Gasteiger partial charge >= 0.3 is 0 Å². The second-order valence-corrected chi connectivity index (χ2v) is 7.15. The van der Waals surface area contributed by atoms with Gasteiger partial charge in [0.25, 0.3) is 10.2 Å². The third kappa shape index (κ3) is 2.55. The van der Waals surface area contributed by atoms with Crippen molar-refractivity contribution in [2.75, 3.05) is 33.4 Å². The van der Waals surface area contributed by atoms with Crippen molar-refractivity contribution in [2.24, 2.45) is 0 Å². The monoisotopic (exact) mass is 278 g/mol. The van der Waals surface area contributed by atoms with Gasteiger partial charge in [0.2, 0.25) is 0 Å². The van der Waals surface area contributed by atoms with Crippen molar-refractivity contribution in [3.8, 4) is 0 Å². The topological polar surface area (TPSA) is 59.1 Å². The molecule has 0 atom stereocenters. The molecule has 0 aromatic carbocycles. The highest BCUT2D eigenvalue weighted by atomic mass is 32.2. The number of hydrogen-bond acceptors (Lipinski definition) is 4. The molecule has 2 aliphatic heterocycles. The summed E-state index contributed by atoms with van der Waals surface area (Å²) in [7, 11) is -1.81. The highest BCUT2D eigenvalue weighted by Gasteiger charge is 2.45. The van der Waals surface area contributed by atoms with Gasteiger partial charge in [-0.25, -0.2) is 0 Å². The lowest BCUT2D eigenvalue weighted by Gasteiger charge is -2.39. The van der Waals surface area contributed by atoms with Crippen LogP contribution in [0.1, 0.15) is 26.7 Å². The smallest absolute Gasteiger partial charge is 0.282 e. The van der Waals surface area contributed by atoms with E-state index in [1.807, 2.05) is 13.8 Å². The Morgan fingerprint density at radius 3 is 2.44 bits per heavy atom. The van der Waals surface area contributed by atoms with Crippen LogP contribution in [0.4, 0.5) is 0 Å². The zero-order chi connectivity index (χ0) is 13.4. The molecular formula is C11H22N2O4S. The molecule has 0 unspecified atom stereocenters. The summed E-state index contributed by atoms with van der Waals surface area (Å²) in [6.45, 7) is 5.65. The minimum Gasteiger partial charge on any atom is -0.346 e. The van der Waals surface area contributed by atoms with Crippen LogP contribution in [0.15, 0.2) is 0 Å². The van der Waals surface area contributed by atoms with E-state index >= 15 is 0 Å². The average Bonchev–Trinajstić information content (AvgIpc) is 2.76. The maximum absolute atomic E-state index is 12.4. The van der Waals surface area contributed by atoms with Gasteiger partial charge in [-0.05, 0) is 20.3 Å².